The molecule has 0 fully saturated rings. The molecule has 82 valence electrons. The van der Waals surface area contributed by atoms with E-state index in [1.54, 1.807) is 30.3 Å². The summed E-state index contributed by atoms with van der Waals surface area (Å²) in [5, 5.41) is 0. The van der Waals surface area contributed by atoms with Crippen LogP contribution in [0.2, 0.25) is 4.34 Å². The quantitative estimate of drug-likeness (QED) is 0.673. The van der Waals surface area contributed by atoms with Gasteiger partial charge < -0.3 is 5.73 Å². The Kier molecular flexibility index (Phi) is 3.33. The van der Waals surface area contributed by atoms with E-state index in [0.717, 1.165) is 0 Å². The van der Waals surface area contributed by atoms with Gasteiger partial charge in [0.15, 0.2) is 0 Å². The van der Waals surface area contributed by atoms with E-state index in [1.807, 2.05) is 0 Å². The fraction of sp³-hybridized carbons (Fsp3) is 0. The Morgan fingerprint density at radius 2 is 2.06 bits per heavy atom. The number of thiophene rings is 1. The van der Waals surface area contributed by atoms with Crippen LogP contribution < -0.4 is 5.73 Å². The molecule has 0 aliphatic rings. The molecule has 0 saturated heterocycles. The molecule has 16 heavy (non-hydrogen) atoms. The molecule has 2 nitrogen and oxygen atoms in total. The lowest BCUT2D eigenvalue weighted by atomic mass is 10.1. The summed E-state index contributed by atoms with van der Waals surface area (Å²) in [7, 11) is 0. The highest BCUT2D eigenvalue weighted by Gasteiger charge is 2.15. The molecule has 0 bridgehead atoms. The van der Waals surface area contributed by atoms with Gasteiger partial charge in [-0.25, -0.2) is 0 Å². The van der Waals surface area contributed by atoms with Gasteiger partial charge in [0.1, 0.15) is 0 Å². The maximum Gasteiger partial charge on any atom is 0.204 e. The number of halogens is 2. The Bertz CT molecular complexity index is 553. The van der Waals surface area contributed by atoms with Gasteiger partial charge in [-0.1, -0.05) is 17.7 Å². The van der Waals surface area contributed by atoms with Gasteiger partial charge in [-0.15, -0.1) is 11.3 Å². The maximum atomic E-state index is 12.1. The number of rotatable bonds is 2. The van der Waals surface area contributed by atoms with E-state index in [2.05, 4.69) is 15.9 Å². The maximum absolute atomic E-state index is 12.1. The number of carbonyl (C=O) groups excluding carboxylic acids is 1. The van der Waals surface area contributed by atoms with Crippen LogP contribution in [0.25, 0.3) is 0 Å². The van der Waals surface area contributed by atoms with Gasteiger partial charge >= 0.3 is 0 Å². The molecule has 0 unspecified atom stereocenters. The zero-order valence-electron chi connectivity index (χ0n) is 8.04. The molecule has 0 radical (unpaired) electrons. The molecule has 1 heterocycles. The molecule has 2 aromatic rings. The third kappa shape index (κ3) is 2.14. The van der Waals surface area contributed by atoms with Crippen LogP contribution in [0.15, 0.2) is 34.8 Å². The first-order chi connectivity index (χ1) is 7.59. The molecule has 0 spiro atoms. The van der Waals surface area contributed by atoms with Crippen molar-refractivity contribution in [2.24, 2.45) is 0 Å². The fourth-order valence-electron chi connectivity index (χ4n) is 1.29. The van der Waals surface area contributed by atoms with E-state index in [-0.39, 0.29) is 5.78 Å². The van der Waals surface area contributed by atoms with Crippen molar-refractivity contribution >= 4 is 50.3 Å². The average Bonchev–Trinajstić information content (AvgIpc) is 2.68. The summed E-state index contributed by atoms with van der Waals surface area (Å²) in [4.78, 5) is 12.7. The van der Waals surface area contributed by atoms with E-state index >= 15 is 0 Å². The molecule has 0 amide bonds. The van der Waals surface area contributed by atoms with Gasteiger partial charge in [-0.3, -0.25) is 4.79 Å². The second kappa shape index (κ2) is 4.57. The van der Waals surface area contributed by atoms with Crippen LogP contribution in [0, 0.1) is 0 Å². The zero-order valence-corrected chi connectivity index (χ0v) is 11.2. The van der Waals surface area contributed by atoms with Crippen LogP contribution in [-0.4, -0.2) is 5.78 Å². The second-order valence-electron chi connectivity index (χ2n) is 3.14. The normalized spacial score (nSPS) is 10.4. The van der Waals surface area contributed by atoms with Gasteiger partial charge in [0.05, 0.1) is 13.7 Å². The van der Waals surface area contributed by atoms with E-state index < -0.39 is 0 Å². The molecule has 0 aliphatic heterocycles. The summed E-state index contributed by atoms with van der Waals surface area (Å²) in [6.07, 6.45) is 0. The van der Waals surface area contributed by atoms with E-state index in [0.29, 0.717) is 24.9 Å². The lowest BCUT2D eigenvalue weighted by molar-refractivity contribution is 0.104. The van der Waals surface area contributed by atoms with Crippen molar-refractivity contribution in [2.75, 3.05) is 5.73 Å². The highest BCUT2D eigenvalue weighted by molar-refractivity contribution is 9.10. The van der Waals surface area contributed by atoms with Crippen LogP contribution in [0.1, 0.15) is 15.2 Å². The van der Waals surface area contributed by atoms with Crippen LogP contribution >= 0.6 is 38.9 Å². The SMILES string of the molecule is Nc1cccc(C(=O)c2ccc(Cl)s2)c1Br. The lowest BCUT2D eigenvalue weighted by Gasteiger charge is -2.04. The van der Waals surface area contributed by atoms with Crippen molar-refractivity contribution in [1.82, 2.24) is 0 Å². The second-order valence-corrected chi connectivity index (χ2v) is 5.65. The molecular weight excluding hydrogens is 310 g/mol. The molecule has 1 aromatic carbocycles. The molecule has 5 heteroatoms. The minimum absolute atomic E-state index is 0.0731. The highest BCUT2D eigenvalue weighted by Crippen LogP contribution is 2.29. The summed E-state index contributed by atoms with van der Waals surface area (Å²) >= 11 is 10.4. The highest BCUT2D eigenvalue weighted by atomic mass is 79.9. The summed E-state index contributed by atoms with van der Waals surface area (Å²) in [6.45, 7) is 0. The van der Waals surface area contributed by atoms with Gasteiger partial charge in [0, 0.05) is 11.3 Å². The first kappa shape index (κ1) is 11.6. The van der Waals surface area contributed by atoms with Crippen molar-refractivity contribution in [3.8, 4) is 0 Å². The standard InChI is InChI=1S/C11H7BrClNOS/c12-10-6(2-1-3-7(10)14)11(15)8-4-5-9(13)16-8/h1-5H,14H2. The monoisotopic (exact) mass is 315 g/mol. The third-order valence-corrected chi connectivity index (χ3v) is 4.19. The molecule has 0 atom stereocenters. The number of ketones is 1. The lowest BCUT2D eigenvalue weighted by Crippen LogP contribution is -2.01. The van der Waals surface area contributed by atoms with Crippen LogP contribution in [0.5, 0.6) is 0 Å². The minimum Gasteiger partial charge on any atom is -0.398 e. The molecule has 2 N–H and O–H groups in total. The summed E-state index contributed by atoms with van der Waals surface area (Å²) < 4.78 is 1.23. The smallest absolute Gasteiger partial charge is 0.204 e. The van der Waals surface area contributed by atoms with Crippen molar-refractivity contribution in [3.05, 3.63) is 49.6 Å². The largest absolute Gasteiger partial charge is 0.398 e. The van der Waals surface area contributed by atoms with Crippen LogP contribution in [0.4, 0.5) is 5.69 Å². The van der Waals surface area contributed by atoms with Gasteiger partial charge in [0.25, 0.3) is 0 Å². The van der Waals surface area contributed by atoms with Gasteiger partial charge in [-0.05, 0) is 40.2 Å². The van der Waals surface area contributed by atoms with Crippen molar-refractivity contribution in [1.29, 1.82) is 0 Å². The van der Waals surface area contributed by atoms with Crippen molar-refractivity contribution < 1.29 is 4.79 Å². The first-order valence-electron chi connectivity index (χ1n) is 4.43. The number of nitrogen functional groups attached to an aromatic ring is 1. The number of anilines is 1. The van der Waals surface area contributed by atoms with Crippen molar-refractivity contribution in [3.63, 3.8) is 0 Å². The van der Waals surface area contributed by atoms with E-state index in [4.69, 9.17) is 17.3 Å². The summed E-state index contributed by atoms with van der Waals surface area (Å²) in [6, 6.07) is 8.64. The predicted molar refractivity (Wildman–Crippen MR) is 71.3 cm³/mol. The minimum atomic E-state index is -0.0731. The molecule has 0 saturated carbocycles. The number of hydrogen-bond donors (Lipinski definition) is 1. The summed E-state index contributed by atoms with van der Waals surface area (Å²) in [5.74, 6) is -0.0731. The Labute approximate surface area is 110 Å². The third-order valence-electron chi connectivity index (χ3n) is 2.07. The topological polar surface area (TPSA) is 43.1 Å². The Hall–Kier alpha value is -0.840. The molecular formula is C11H7BrClNOS. The number of benzene rings is 1. The molecule has 1 aromatic heterocycles. The van der Waals surface area contributed by atoms with Gasteiger partial charge in [0.2, 0.25) is 5.78 Å². The molecule has 0 aliphatic carbocycles. The average molecular weight is 317 g/mol. The Morgan fingerprint density at radius 3 is 2.69 bits per heavy atom. The van der Waals surface area contributed by atoms with Gasteiger partial charge in [-0.2, -0.15) is 0 Å². The number of nitrogens with two attached hydrogens (primary N) is 1. The molecule has 2 rings (SSSR count). The fourth-order valence-corrected chi connectivity index (χ4v) is 2.74. The van der Waals surface area contributed by atoms with E-state index in [9.17, 15) is 4.79 Å². The summed E-state index contributed by atoms with van der Waals surface area (Å²) in [5.41, 5.74) is 6.82. The number of hydrogen-bond acceptors (Lipinski definition) is 3. The predicted octanol–water partition coefficient (Wildman–Crippen LogP) is 3.98. The van der Waals surface area contributed by atoms with E-state index in [1.165, 1.54) is 11.3 Å². The van der Waals surface area contributed by atoms with Crippen LogP contribution in [-0.2, 0) is 0 Å². The Balaban J connectivity index is 2.45. The Morgan fingerprint density at radius 1 is 1.31 bits per heavy atom. The zero-order chi connectivity index (χ0) is 11.7. The first-order valence-corrected chi connectivity index (χ1v) is 6.42. The number of carbonyl (C=O) groups is 1. The van der Waals surface area contributed by atoms with Crippen LogP contribution in [0.3, 0.4) is 0 Å². The van der Waals surface area contributed by atoms with Crippen molar-refractivity contribution in [2.45, 2.75) is 0 Å².